The zero-order valence-electron chi connectivity index (χ0n) is 14.7. The van der Waals surface area contributed by atoms with E-state index in [2.05, 4.69) is 5.32 Å². The zero-order chi connectivity index (χ0) is 20.1. The standard InChI is InChI=1S/C18H17N3O7/c22-16(19-12-5-1-2-6-13(12)21(25)26)11-28-18(24)14-7-3-9-20(14)17(23)15-8-4-10-27-15/h1-2,4-6,8,10,14H,3,7,9,11H2,(H,19,22)/t14-/m0/s1. The highest BCUT2D eigenvalue weighted by molar-refractivity contribution is 5.97. The summed E-state index contributed by atoms with van der Waals surface area (Å²) in [6, 6.07) is 7.89. The third-order valence-corrected chi connectivity index (χ3v) is 4.24. The lowest BCUT2D eigenvalue weighted by Crippen LogP contribution is -2.42. The lowest BCUT2D eigenvalue weighted by Gasteiger charge is -2.22. The van der Waals surface area contributed by atoms with E-state index in [4.69, 9.17) is 9.15 Å². The average molecular weight is 387 g/mol. The Balaban J connectivity index is 1.57. The van der Waals surface area contributed by atoms with Crippen LogP contribution in [0.3, 0.4) is 0 Å². The van der Waals surface area contributed by atoms with Crippen LogP contribution in [-0.4, -0.2) is 46.8 Å². The minimum atomic E-state index is -0.809. The second kappa shape index (κ2) is 8.33. The van der Waals surface area contributed by atoms with Gasteiger partial charge in [-0.3, -0.25) is 19.7 Å². The normalized spacial score (nSPS) is 15.9. The van der Waals surface area contributed by atoms with Crippen LogP contribution in [0.1, 0.15) is 23.4 Å². The van der Waals surface area contributed by atoms with Gasteiger partial charge in [0.2, 0.25) is 0 Å². The van der Waals surface area contributed by atoms with Crippen molar-refractivity contribution < 1.29 is 28.5 Å². The number of anilines is 1. The Hall–Kier alpha value is -3.69. The number of hydrogen-bond acceptors (Lipinski definition) is 7. The molecule has 0 spiro atoms. The summed E-state index contributed by atoms with van der Waals surface area (Å²) in [5.74, 6) is -1.73. The Labute approximate surface area is 159 Å². The number of furan rings is 1. The van der Waals surface area contributed by atoms with E-state index in [0.717, 1.165) is 0 Å². The molecule has 2 amide bonds. The van der Waals surface area contributed by atoms with Crippen LogP contribution in [0, 0.1) is 10.1 Å². The molecule has 1 atom stereocenters. The number of nitrogens with zero attached hydrogens (tertiary/aromatic N) is 2. The third-order valence-electron chi connectivity index (χ3n) is 4.24. The number of nitro benzene ring substituents is 1. The number of ether oxygens (including phenoxy) is 1. The van der Waals surface area contributed by atoms with Gasteiger partial charge in [-0.15, -0.1) is 0 Å². The minimum Gasteiger partial charge on any atom is -0.459 e. The SMILES string of the molecule is O=C(COC(=O)[C@@H]1CCCN1C(=O)c1ccco1)Nc1ccccc1[N+](=O)[O-]. The predicted octanol–water partition coefficient (Wildman–Crippen LogP) is 1.97. The summed E-state index contributed by atoms with van der Waals surface area (Å²) >= 11 is 0. The summed E-state index contributed by atoms with van der Waals surface area (Å²) < 4.78 is 10.1. The fourth-order valence-corrected chi connectivity index (χ4v) is 2.95. The van der Waals surface area contributed by atoms with Crippen LogP contribution in [0.15, 0.2) is 47.1 Å². The summed E-state index contributed by atoms with van der Waals surface area (Å²) in [6.07, 6.45) is 2.40. The van der Waals surface area contributed by atoms with Crippen molar-refractivity contribution >= 4 is 29.2 Å². The van der Waals surface area contributed by atoms with Crippen molar-refractivity contribution in [3.63, 3.8) is 0 Å². The molecule has 0 bridgehead atoms. The molecule has 146 valence electrons. The molecule has 2 aromatic rings. The number of carbonyl (C=O) groups excluding carboxylic acids is 3. The summed E-state index contributed by atoms with van der Waals surface area (Å²) in [4.78, 5) is 48.4. The van der Waals surface area contributed by atoms with Gasteiger partial charge in [-0.25, -0.2) is 4.79 Å². The van der Waals surface area contributed by atoms with Crippen molar-refractivity contribution in [3.05, 3.63) is 58.5 Å². The zero-order valence-corrected chi connectivity index (χ0v) is 14.7. The highest BCUT2D eigenvalue weighted by Crippen LogP contribution is 2.24. The Kier molecular flexibility index (Phi) is 5.68. The highest BCUT2D eigenvalue weighted by atomic mass is 16.6. The summed E-state index contributed by atoms with van der Waals surface area (Å²) in [5.41, 5.74) is -0.266. The Bertz CT molecular complexity index is 894. The van der Waals surface area contributed by atoms with Gasteiger partial charge < -0.3 is 19.4 Å². The number of benzene rings is 1. The van der Waals surface area contributed by atoms with Crippen LogP contribution in [0.2, 0.25) is 0 Å². The van der Waals surface area contributed by atoms with E-state index in [1.807, 2.05) is 0 Å². The molecule has 28 heavy (non-hydrogen) atoms. The topological polar surface area (TPSA) is 132 Å². The van der Waals surface area contributed by atoms with Crippen molar-refractivity contribution in [2.24, 2.45) is 0 Å². The maximum atomic E-state index is 12.4. The van der Waals surface area contributed by atoms with E-state index in [1.54, 1.807) is 6.07 Å². The van der Waals surface area contributed by atoms with Crippen LogP contribution in [0.4, 0.5) is 11.4 Å². The van der Waals surface area contributed by atoms with Crippen molar-refractivity contribution in [2.75, 3.05) is 18.5 Å². The molecule has 1 aliphatic rings. The van der Waals surface area contributed by atoms with Crippen molar-refractivity contribution in [1.82, 2.24) is 4.90 Å². The molecule has 1 aliphatic heterocycles. The summed E-state index contributed by atoms with van der Waals surface area (Å²) in [5, 5.41) is 13.3. The molecule has 1 saturated heterocycles. The van der Waals surface area contributed by atoms with Gasteiger partial charge in [0.25, 0.3) is 17.5 Å². The molecule has 0 radical (unpaired) electrons. The predicted molar refractivity (Wildman–Crippen MR) is 95.5 cm³/mol. The molecule has 1 fully saturated rings. The van der Waals surface area contributed by atoms with Crippen molar-refractivity contribution in [1.29, 1.82) is 0 Å². The first kappa shape index (κ1) is 19.1. The number of nitro groups is 1. The molecule has 1 aromatic heterocycles. The van der Waals surface area contributed by atoms with Crippen LogP contribution in [-0.2, 0) is 14.3 Å². The van der Waals surface area contributed by atoms with Crippen LogP contribution >= 0.6 is 0 Å². The van der Waals surface area contributed by atoms with Crippen molar-refractivity contribution in [3.8, 4) is 0 Å². The highest BCUT2D eigenvalue weighted by Gasteiger charge is 2.36. The number of carbonyl (C=O) groups is 3. The molecule has 10 heteroatoms. The van der Waals surface area contributed by atoms with Crippen molar-refractivity contribution in [2.45, 2.75) is 18.9 Å². The summed E-state index contributed by atoms with van der Waals surface area (Å²) in [6.45, 7) is -0.244. The van der Waals surface area contributed by atoms with Gasteiger partial charge in [-0.2, -0.15) is 0 Å². The minimum absolute atomic E-state index is 0.00374. The molecule has 3 rings (SSSR count). The number of likely N-dealkylation sites (tertiary alicyclic amines) is 1. The van der Waals surface area contributed by atoms with Gasteiger partial charge in [0.15, 0.2) is 12.4 Å². The van der Waals surface area contributed by atoms with Gasteiger partial charge in [0.1, 0.15) is 11.7 Å². The fourth-order valence-electron chi connectivity index (χ4n) is 2.95. The van der Waals surface area contributed by atoms with Crippen LogP contribution < -0.4 is 5.32 Å². The van der Waals surface area contributed by atoms with E-state index in [-0.39, 0.29) is 17.1 Å². The van der Waals surface area contributed by atoms with Gasteiger partial charge >= 0.3 is 5.97 Å². The number of amides is 2. The average Bonchev–Trinajstić information content (AvgIpc) is 3.37. The smallest absolute Gasteiger partial charge is 0.329 e. The molecule has 10 nitrogen and oxygen atoms in total. The molecule has 0 aliphatic carbocycles. The molecule has 0 saturated carbocycles. The second-order valence-corrected chi connectivity index (χ2v) is 6.06. The number of hydrogen-bond donors (Lipinski definition) is 1. The summed E-state index contributed by atoms with van der Waals surface area (Å²) in [7, 11) is 0. The van der Waals surface area contributed by atoms with E-state index >= 15 is 0 Å². The number of esters is 1. The first-order chi connectivity index (χ1) is 13.5. The lowest BCUT2D eigenvalue weighted by atomic mass is 10.2. The number of para-hydroxylation sites is 2. The second-order valence-electron chi connectivity index (χ2n) is 6.06. The number of nitrogens with one attached hydrogen (secondary N) is 1. The number of rotatable bonds is 6. The molecule has 1 aromatic carbocycles. The van der Waals surface area contributed by atoms with Gasteiger partial charge in [-0.1, -0.05) is 12.1 Å². The Morgan fingerprint density at radius 3 is 2.75 bits per heavy atom. The molecular formula is C18H17N3O7. The Morgan fingerprint density at radius 1 is 1.25 bits per heavy atom. The van der Waals surface area contributed by atoms with Crippen LogP contribution in [0.5, 0.6) is 0 Å². The van der Waals surface area contributed by atoms with E-state index in [9.17, 15) is 24.5 Å². The molecular weight excluding hydrogens is 370 g/mol. The molecule has 1 N–H and O–H groups in total. The largest absolute Gasteiger partial charge is 0.459 e. The molecule has 2 heterocycles. The van der Waals surface area contributed by atoms with Gasteiger partial charge in [0, 0.05) is 12.6 Å². The van der Waals surface area contributed by atoms with E-state index in [0.29, 0.717) is 19.4 Å². The van der Waals surface area contributed by atoms with E-state index < -0.39 is 35.4 Å². The van der Waals surface area contributed by atoms with Gasteiger partial charge in [0.05, 0.1) is 11.2 Å². The maximum Gasteiger partial charge on any atom is 0.329 e. The van der Waals surface area contributed by atoms with E-state index in [1.165, 1.54) is 41.5 Å². The first-order valence-electron chi connectivity index (χ1n) is 8.51. The fraction of sp³-hybridized carbons (Fsp3) is 0.278. The van der Waals surface area contributed by atoms with Gasteiger partial charge in [-0.05, 0) is 31.0 Å². The van der Waals surface area contributed by atoms with Crippen LogP contribution in [0.25, 0.3) is 0 Å². The monoisotopic (exact) mass is 387 g/mol. The Morgan fingerprint density at radius 2 is 2.04 bits per heavy atom. The maximum absolute atomic E-state index is 12.4. The first-order valence-corrected chi connectivity index (χ1v) is 8.51. The molecule has 0 unspecified atom stereocenters. The quantitative estimate of drug-likeness (QED) is 0.455. The third kappa shape index (κ3) is 4.17. The lowest BCUT2D eigenvalue weighted by molar-refractivity contribution is -0.383.